The largest absolute Gasteiger partial charge is 0.480 e. The van der Waals surface area contributed by atoms with Gasteiger partial charge in [-0.25, -0.2) is 0 Å². The summed E-state index contributed by atoms with van der Waals surface area (Å²) >= 11 is 0. The Bertz CT molecular complexity index is 246. The van der Waals surface area contributed by atoms with Crippen LogP contribution in [0, 0.1) is 0 Å². The van der Waals surface area contributed by atoms with E-state index >= 15 is 0 Å². The number of hydrogen-bond acceptors (Lipinski definition) is 4. The van der Waals surface area contributed by atoms with Crippen molar-refractivity contribution >= 4 is 16.1 Å². The molecule has 13 heavy (non-hydrogen) atoms. The first kappa shape index (κ1) is 12.3. The molecule has 78 valence electrons. The summed E-state index contributed by atoms with van der Waals surface area (Å²) in [6, 6.07) is -0.269. The van der Waals surface area contributed by atoms with Gasteiger partial charge in [0.25, 0.3) is 10.1 Å². The summed E-state index contributed by atoms with van der Waals surface area (Å²) in [5.74, 6) is -0.720. The Morgan fingerprint density at radius 3 is 2.15 bits per heavy atom. The quantitative estimate of drug-likeness (QED) is 0.497. The smallest absolute Gasteiger partial charge is 0.320 e. The number of hydrogen-bond donors (Lipinski definition) is 3. The van der Waals surface area contributed by atoms with Gasteiger partial charge >= 0.3 is 5.97 Å². The van der Waals surface area contributed by atoms with E-state index in [0.29, 0.717) is 6.26 Å². The lowest BCUT2D eigenvalue weighted by Gasteiger charge is -1.99. The summed E-state index contributed by atoms with van der Waals surface area (Å²) in [7, 11) is -3.67. The molecule has 1 aliphatic rings. The molecule has 0 aliphatic carbocycles. The minimum atomic E-state index is -3.67. The van der Waals surface area contributed by atoms with Gasteiger partial charge in [-0.2, -0.15) is 8.42 Å². The van der Waals surface area contributed by atoms with Gasteiger partial charge in [0.05, 0.1) is 6.26 Å². The number of nitrogens with one attached hydrogen (secondary N) is 1. The summed E-state index contributed by atoms with van der Waals surface area (Å²) in [5.41, 5.74) is 0. The van der Waals surface area contributed by atoms with Crippen LogP contribution in [0.25, 0.3) is 0 Å². The summed E-state index contributed by atoms with van der Waals surface area (Å²) in [5, 5.41) is 11.2. The molecule has 0 amide bonds. The molecule has 0 aromatic heterocycles. The summed E-state index contributed by atoms with van der Waals surface area (Å²) in [6.45, 7) is 0.858. The van der Waals surface area contributed by atoms with E-state index in [0.717, 1.165) is 19.4 Å². The lowest BCUT2D eigenvalue weighted by Crippen LogP contribution is -2.29. The molecule has 0 saturated carbocycles. The highest BCUT2D eigenvalue weighted by atomic mass is 32.2. The minimum absolute atomic E-state index is 0.269. The highest BCUT2D eigenvalue weighted by molar-refractivity contribution is 7.85. The maximum atomic E-state index is 10.1. The Labute approximate surface area is 76.7 Å². The molecule has 0 bridgehead atoms. The van der Waals surface area contributed by atoms with Gasteiger partial charge in [0, 0.05) is 0 Å². The predicted molar refractivity (Wildman–Crippen MR) is 46.1 cm³/mol. The molecule has 0 radical (unpaired) electrons. The minimum Gasteiger partial charge on any atom is -0.480 e. The molecule has 0 spiro atoms. The zero-order valence-electron chi connectivity index (χ0n) is 7.23. The molecule has 1 heterocycles. The molecule has 1 fully saturated rings. The Hall–Kier alpha value is -0.660. The van der Waals surface area contributed by atoms with Gasteiger partial charge in [0.1, 0.15) is 6.04 Å². The van der Waals surface area contributed by atoms with Crippen LogP contribution in [0.15, 0.2) is 0 Å². The van der Waals surface area contributed by atoms with Crippen LogP contribution in [0.5, 0.6) is 0 Å². The molecule has 7 heteroatoms. The molecule has 0 aromatic rings. The molecule has 1 atom stereocenters. The van der Waals surface area contributed by atoms with Crippen molar-refractivity contribution < 1.29 is 22.9 Å². The van der Waals surface area contributed by atoms with E-state index in [1.807, 2.05) is 0 Å². The van der Waals surface area contributed by atoms with Crippen molar-refractivity contribution in [3.8, 4) is 0 Å². The van der Waals surface area contributed by atoms with Gasteiger partial charge in [0.2, 0.25) is 0 Å². The van der Waals surface area contributed by atoms with Crippen molar-refractivity contribution in [1.82, 2.24) is 5.32 Å². The van der Waals surface area contributed by atoms with Gasteiger partial charge in [-0.1, -0.05) is 0 Å². The third-order valence-corrected chi connectivity index (χ3v) is 1.36. The fraction of sp³-hybridized carbons (Fsp3) is 0.833. The van der Waals surface area contributed by atoms with Gasteiger partial charge in [0.15, 0.2) is 0 Å². The molecular formula is C6H13NO5S. The first-order chi connectivity index (χ1) is 5.80. The van der Waals surface area contributed by atoms with E-state index in [2.05, 4.69) is 5.32 Å². The first-order valence-corrected chi connectivity index (χ1v) is 5.54. The van der Waals surface area contributed by atoms with Crippen molar-refractivity contribution in [2.75, 3.05) is 12.8 Å². The number of carboxylic acids is 1. The number of carboxylic acid groups (broad SMARTS) is 1. The van der Waals surface area contributed by atoms with Crippen LogP contribution in [0.4, 0.5) is 0 Å². The summed E-state index contributed by atoms with van der Waals surface area (Å²) < 4.78 is 25.9. The van der Waals surface area contributed by atoms with E-state index < -0.39 is 16.1 Å². The molecule has 1 aliphatic heterocycles. The first-order valence-electron chi connectivity index (χ1n) is 3.69. The second kappa shape index (κ2) is 5.15. The van der Waals surface area contributed by atoms with Crippen LogP contribution < -0.4 is 5.32 Å². The maximum Gasteiger partial charge on any atom is 0.320 e. The van der Waals surface area contributed by atoms with Crippen molar-refractivity contribution in [3.63, 3.8) is 0 Å². The van der Waals surface area contributed by atoms with E-state index in [9.17, 15) is 13.2 Å². The van der Waals surface area contributed by atoms with Crippen LogP contribution in [-0.4, -0.2) is 42.9 Å². The fourth-order valence-corrected chi connectivity index (χ4v) is 0.895. The monoisotopic (exact) mass is 211 g/mol. The predicted octanol–water partition coefficient (Wildman–Crippen LogP) is -0.673. The van der Waals surface area contributed by atoms with Crippen molar-refractivity contribution in [1.29, 1.82) is 0 Å². The normalized spacial score (nSPS) is 21.8. The van der Waals surface area contributed by atoms with Gasteiger partial charge < -0.3 is 10.4 Å². The van der Waals surface area contributed by atoms with Gasteiger partial charge in [-0.15, -0.1) is 0 Å². The third kappa shape index (κ3) is 9.25. The van der Waals surface area contributed by atoms with E-state index in [4.69, 9.17) is 9.66 Å². The number of aliphatic carboxylic acids is 1. The molecule has 0 aromatic carbocycles. The van der Waals surface area contributed by atoms with Crippen molar-refractivity contribution in [2.45, 2.75) is 18.9 Å². The van der Waals surface area contributed by atoms with E-state index in [1.165, 1.54) is 0 Å². The second-order valence-corrected chi connectivity index (χ2v) is 4.19. The Morgan fingerprint density at radius 1 is 1.54 bits per heavy atom. The van der Waals surface area contributed by atoms with E-state index in [-0.39, 0.29) is 6.04 Å². The average Bonchev–Trinajstić information content (AvgIpc) is 2.31. The van der Waals surface area contributed by atoms with Crippen LogP contribution in [0.1, 0.15) is 12.8 Å². The average molecular weight is 211 g/mol. The van der Waals surface area contributed by atoms with Gasteiger partial charge in [-0.05, 0) is 19.4 Å². The Balaban J connectivity index is 0.000000252. The highest BCUT2D eigenvalue weighted by Crippen LogP contribution is 2.03. The second-order valence-electron chi connectivity index (χ2n) is 2.72. The molecule has 1 saturated heterocycles. The SMILES string of the molecule is CS(=O)(=O)O.O=C(O)C1CCCN1. The van der Waals surface area contributed by atoms with Crippen LogP contribution in [0.2, 0.25) is 0 Å². The lowest BCUT2D eigenvalue weighted by molar-refractivity contribution is -0.139. The van der Waals surface area contributed by atoms with Crippen molar-refractivity contribution in [3.05, 3.63) is 0 Å². The molecule has 1 rings (SSSR count). The fourth-order valence-electron chi connectivity index (χ4n) is 0.895. The Morgan fingerprint density at radius 2 is 2.00 bits per heavy atom. The van der Waals surface area contributed by atoms with Crippen LogP contribution in [0.3, 0.4) is 0 Å². The van der Waals surface area contributed by atoms with Gasteiger partial charge in [-0.3, -0.25) is 9.35 Å². The molecule has 6 nitrogen and oxygen atoms in total. The lowest BCUT2D eigenvalue weighted by atomic mass is 10.2. The third-order valence-electron chi connectivity index (χ3n) is 1.36. The topological polar surface area (TPSA) is 104 Å². The van der Waals surface area contributed by atoms with E-state index in [1.54, 1.807) is 0 Å². The molecule has 3 N–H and O–H groups in total. The van der Waals surface area contributed by atoms with Crippen LogP contribution in [-0.2, 0) is 14.9 Å². The zero-order valence-corrected chi connectivity index (χ0v) is 8.04. The standard InChI is InChI=1S/C5H9NO2.CH4O3S/c7-5(8)4-2-1-3-6-4;1-5(2,3)4/h4,6H,1-3H2,(H,7,8);1H3,(H,2,3,4). The number of rotatable bonds is 1. The molecular weight excluding hydrogens is 198 g/mol. The number of carbonyl (C=O) groups is 1. The van der Waals surface area contributed by atoms with Crippen LogP contribution >= 0.6 is 0 Å². The summed E-state index contributed by atoms with van der Waals surface area (Å²) in [4.78, 5) is 10.1. The van der Waals surface area contributed by atoms with Crippen molar-refractivity contribution in [2.24, 2.45) is 0 Å². The zero-order chi connectivity index (χ0) is 10.5. The highest BCUT2D eigenvalue weighted by Gasteiger charge is 2.20. The molecule has 1 unspecified atom stereocenters. The summed E-state index contributed by atoms with van der Waals surface area (Å²) in [6.07, 6.45) is 2.50. The Kier molecular flexibility index (Phi) is 4.89. The maximum absolute atomic E-state index is 10.1.